The summed E-state index contributed by atoms with van der Waals surface area (Å²) >= 11 is 0. The lowest BCUT2D eigenvalue weighted by molar-refractivity contribution is 0.122. The summed E-state index contributed by atoms with van der Waals surface area (Å²) in [7, 11) is -3.37. The molecule has 3 rings (SSSR count). The van der Waals surface area contributed by atoms with Crippen molar-refractivity contribution >= 4 is 21.7 Å². The smallest absolute Gasteiger partial charge is 0.215 e. The molecular weight excluding hydrogens is 366 g/mol. The lowest BCUT2D eigenvalue weighted by atomic mass is 10.2. The molecule has 2 N–H and O–H groups in total. The van der Waals surface area contributed by atoms with Crippen LogP contribution in [-0.4, -0.2) is 57.8 Å². The number of sulfonamides is 1. The van der Waals surface area contributed by atoms with Gasteiger partial charge in [-0.25, -0.2) is 23.1 Å². The standard InChI is InChI=1S/C18H25N5O3S/c1-15-2-4-16(5-3-15)13-27(24,25)22-7-6-19-17-12-18(21-14-20-17)23-8-10-26-11-9-23/h2-5,12,14,22H,6-11,13H2,1H3,(H,19,20,21). The summed E-state index contributed by atoms with van der Waals surface area (Å²) in [6.45, 7) is 5.67. The zero-order chi connectivity index (χ0) is 19.1. The zero-order valence-electron chi connectivity index (χ0n) is 15.4. The number of benzene rings is 1. The number of aromatic nitrogens is 2. The molecule has 0 radical (unpaired) electrons. The minimum absolute atomic E-state index is 0.0258. The lowest BCUT2D eigenvalue weighted by Crippen LogP contribution is -2.36. The molecule has 1 aliphatic rings. The highest BCUT2D eigenvalue weighted by molar-refractivity contribution is 7.88. The molecule has 1 saturated heterocycles. The van der Waals surface area contributed by atoms with Crippen molar-refractivity contribution in [2.75, 3.05) is 49.6 Å². The van der Waals surface area contributed by atoms with Crippen LogP contribution in [0, 0.1) is 6.92 Å². The van der Waals surface area contributed by atoms with Gasteiger partial charge < -0.3 is 15.0 Å². The van der Waals surface area contributed by atoms with E-state index < -0.39 is 10.0 Å². The molecule has 0 aliphatic carbocycles. The minimum atomic E-state index is -3.37. The van der Waals surface area contributed by atoms with Crippen molar-refractivity contribution in [2.45, 2.75) is 12.7 Å². The molecule has 0 spiro atoms. The van der Waals surface area contributed by atoms with Gasteiger partial charge in [-0.3, -0.25) is 0 Å². The van der Waals surface area contributed by atoms with Crippen LogP contribution in [-0.2, 0) is 20.5 Å². The van der Waals surface area contributed by atoms with Crippen LogP contribution in [0.5, 0.6) is 0 Å². The van der Waals surface area contributed by atoms with Crippen LogP contribution in [0.1, 0.15) is 11.1 Å². The van der Waals surface area contributed by atoms with Gasteiger partial charge in [0.15, 0.2) is 0 Å². The van der Waals surface area contributed by atoms with Crippen LogP contribution in [0.3, 0.4) is 0 Å². The van der Waals surface area contributed by atoms with Crippen LogP contribution < -0.4 is 14.9 Å². The Bertz CT molecular complexity index is 836. The number of nitrogens with one attached hydrogen (secondary N) is 2. The van der Waals surface area contributed by atoms with E-state index in [0.717, 1.165) is 30.0 Å². The van der Waals surface area contributed by atoms with E-state index in [1.807, 2.05) is 37.3 Å². The van der Waals surface area contributed by atoms with Crippen LogP contribution in [0.25, 0.3) is 0 Å². The zero-order valence-corrected chi connectivity index (χ0v) is 16.2. The van der Waals surface area contributed by atoms with Gasteiger partial charge in [-0.1, -0.05) is 29.8 Å². The van der Waals surface area contributed by atoms with Crippen LogP contribution in [0.4, 0.5) is 11.6 Å². The third-order valence-electron chi connectivity index (χ3n) is 4.22. The fraction of sp³-hybridized carbons (Fsp3) is 0.444. The summed E-state index contributed by atoms with van der Waals surface area (Å²) in [6, 6.07) is 9.36. The molecule has 0 saturated carbocycles. The average Bonchev–Trinajstić information content (AvgIpc) is 2.68. The first kappa shape index (κ1) is 19.5. The molecule has 1 aromatic heterocycles. The second-order valence-electron chi connectivity index (χ2n) is 6.43. The quantitative estimate of drug-likeness (QED) is 0.652. The number of morpholine rings is 1. The number of anilines is 2. The Morgan fingerprint density at radius 3 is 2.59 bits per heavy atom. The van der Waals surface area contributed by atoms with Crippen molar-refractivity contribution < 1.29 is 13.2 Å². The third kappa shape index (κ3) is 6.16. The van der Waals surface area contributed by atoms with Crippen molar-refractivity contribution in [1.82, 2.24) is 14.7 Å². The van der Waals surface area contributed by atoms with Gasteiger partial charge in [-0.2, -0.15) is 0 Å². The number of hydrogen-bond donors (Lipinski definition) is 2. The van der Waals surface area contributed by atoms with Crippen LogP contribution in [0.2, 0.25) is 0 Å². The molecule has 9 heteroatoms. The Labute approximate surface area is 160 Å². The van der Waals surface area contributed by atoms with Gasteiger partial charge in [0.25, 0.3) is 0 Å². The number of hydrogen-bond acceptors (Lipinski definition) is 7. The maximum atomic E-state index is 12.2. The van der Waals surface area contributed by atoms with Crippen LogP contribution in [0.15, 0.2) is 36.7 Å². The largest absolute Gasteiger partial charge is 0.378 e. The first-order valence-electron chi connectivity index (χ1n) is 8.93. The fourth-order valence-electron chi connectivity index (χ4n) is 2.76. The van der Waals surface area contributed by atoms with E-state index in [1.165, 1.54) is 6.33 Å². The van der Waals surface area contributed by atoms with Crippen molar-refractivity contribution in [3.63, 3.8) is 0 Å². The highest BCUT2D eigenvalue weighted by atomic mass is 32.2. The van der Waals surface area contributed by atoms with Gasteiger partial charge in [-0.05, 0) is 12.5 Å². The molecule has 1 aliphatic heterocycles. The number of nitrogens with zero attached hydrogens (tertiary/aromatic N) is 3. The normalized spacial score (nSPS) is 14.9. The van der Waals surface area contributed by atoms with E-state index in [1.54, 1.807) is 0 Å². The van der Waals surface area contributed by atoms with E-state index in [4.69, 9.17) is 4.74 Å². The molecule has 8 nitrogen and oxygen atoms in total. The SMILES string of the molecule is Cc1ccc(CS(=O)(=O)NCCNc2cc(N3CCOCC3)ncn2)cc1. The fourth-order valence-corrected chi connectivity index (χ4v) is 3.91. The summed E-state index contributed by atoms with van der Waals surface area (Å²) in [5, 5.41) is 3.13. The Morgan fingerprint density at radius 1 is 1.11 bits per heavy atom. The Hall–Kier alpha value is -2.23. The van der Waals surface area contributed by atoms with E-state index in [2.05, 4.69) is 24.9 Å². The second kappa shape index (κ2) is 9.12. The Morgan fingerprint density at radius 2 is 1.85 bits per heavy atom. The topological polar surface area (TPSA) is 96.5 Å². The predicted molar refractivity (Wildman–Crippen MR) is 105 cm³/mol. The molecule has 2 heterocycles. The summed E-state index contributed by atoms with van der Waals surface area (Å²) in [5.41, 5.74) is 1.88. The van der Waals surface area contributed by atoms with Gasteiger partial charge >= 0.3 is 0 Å². The van der Waals surface area contributed by atoms with Gasteiger partial charge in [0.2, 0.25) is 10.0 Å². The molecule has 1 fully saturated rings. The second-order valence-corrected chi connectivity index (χ2v) is 8.23. The maximum absolute atomic E-state index is 12.2. The van der Waals surface area contributed by atoms with Crippen molar-refractivity contribution in [3.05, 3.63) is 47.8 Å². The van der Waals surface area contributed by atoms with Gasteiger partial charge in [0.1, 0.15) is 18.0 Å². The highest BCUT2D eigenvalue weighted by Gasteiger charge is 2.13. The number of aryl methyl sites for hydroxylation is 1. The number of ether oxygens (including phenoxy) is 1. The first-order chi connectivity index (χ1) is 13.0. The molecular formula is C18H25N5O3S. The van der Waals surface area contributed by atoms with Crippen LogP contribution >= 0.6 is 0 Å². The monoisotopic (exact) mass is 391 g/mol. The molecule has 2 aromatic rings. The van der Waals surface area contributed by atoms with E-state index in [0.29, 0.717) is 25.6 Å². The van der Waals surface area contributed by atoms with Crippen molar-refractivity contribution in [1.29, 1.82) is 0 Å². The average molecular weight is 391 g/mol. The summed E-state index contributed by atoms with van der Waals surface area (Å²) in [6.07, 6.45) is 1.51. The van der Waals surface area contributed by atoms with Gasteiger partial charge in [0, 0.05) is 32.2 Å². The molecule has 0 unspecified atom stereocenters. The minimum Gasteiger partial charge on any atom is -0.378 e. The van der Waals surface area contributed by atoms with Crippen molar-refractivity contribution in [3.8, 4) is 0 Å². The summed E-state index contributed by atoms with van der Waals surface area (Å²) in [4.78, 5) is 10.6. The molecule has 0 atom stereocenters. The summed E-state index contributed by atoms with van der Waals surface area (Å²) in [5.74, 6) is 1.49. The molecule has 1 aromatic carbocycles. The lowest BCUT2D eigenvalue weighted by Gasteiger charge is -2.27. The highest BCUT2D eigenvalue weighted by Crippen LogP contribution is 2.15. The van der Waals surface area contributed by atoms with E-state index in [9.17, 15) is 8.42 Å². The van der Waals surface area contributed by atoms with E-state index in [-0.39, 0.29) is 12.3 Å². The van der Waals surface area contributed by atoms with Gasteiger partial charge in [0.05, 0.1) is 19.0 Å². The molecule has 0 bridgehead atoms. The molecule has 0 amide bonds. The first-order valence-corrected chi connectivity index (χ1v) is 10.6. The predicted octanol–water partition coefficient (Wildman–Crippen LogP) is 1.15. The maximum Gasteiger partial charge on any atom is 0.215 e. The molecule has 146 valence electrons. The van der Waals surface area contributed by atoms with Crippen molar-refractivity contribution in [2.24, 2.45) is 0 Å². The van der Waals surface area contributed by atoms with Gasteiger partial charge in [-0.15, -0.1) is 0 Å². The third-order valence-corrected chi connectivity index (χ3v) is 5.58. The molecule has 27 heavy (non-hydrogen) atoms. The number of rotatable bonds is 8. The van der Waals surface area contributed by atoms with E-state index >= 15 is 0 Å². The Balaban J connectivity index is 1.46. The Kier molecular flexibility index (Phi) is 6.59. The summed E-state index contributed by atoms with van der Waals surface area (Å²) < 4.78 is 32.3.